The first-order valence-electron chi connectivity index (χ1n) is 4.45. The number of halogens is 1. The highest BCUT2D eigenvalue weighted by Crippen LogP contribution is 2.11. The van der Waals surface area contributed by atoms with Gasteiger partial charge in [0, 0.05) is 12.0 Å². The molecule has 0 amide bonds. The maximum absolute atomic E-state index is 11.4. The van der Waals surface area contributed by atoms with Crippen LogP contribution in [0, 0.1) is 13.8 Å². The maximum atomic E-state index is 11.4. The number of carbonyl (C=O) groups excluding carboxylic acids is 1. The van der Waals surface area contributed by atoms with Gasteiger partial charge in [-0.25, -0.2) is 0 Å². The molecule has 0 saturated carbocycles. The van der Waals surface area contributed by atoms with Crippen molar-refractivity contribution in [3.05, 3.63) is 34.9 Å². The van der Waals surface area contributed by atoms with Gasteiger partial charge in [-0.1, -0.05) is 12.1 Å². The highest BCUT2D eigenvalue weighted by molar-refractivity contribution is 5.96. The Bertz CT molecular complexity index is 323. The summed E-state index contributed by atoms with van der Waals surface area (Å²) in [6.07, 6.45) is 0.433. The summed E-state index contributed by atoms with van der Waals surface area (Å²) < 4.78 is 0. The lowest BCUT2D eigenvalue weighted by molar-refractivity contribution is 0.0985. The lowest BCUT2D eigenvalue weighted by Crippen LogP contribution is -2.08. The van der Waals surface area contributed by atoms with E-state index in [9.17, 15) is 4.79 Å². The van der Waals surface area contributed by atoms with Crippen LogP contribution in [0.1, 0.15) is 27.9 Å². The van der Waals surface area contributed by atoms with Crippen molar-refractivity contribution in [3.63, 3.8) is 0 Å². The molecule has 0 saturated heterocycles. The van der Waals surface area contributed by atoms with Gasteiger partial charge in [-0.15, -0.1) is 12.4 Å². The Morgan fingerprint density at radius 3 is 2.43 bits per heavy atom. The monoisotopic (exact) mass is 213 g/mol. The molecule has 0 aliphatic rings. The number of nitrogens with two attached hydrogens (primary N) is 1. The number of aryl methyl sites for hydroxylation is 2. The van der Waals surface area contributed by atoms with Gasteiger partial charge in [-0.3, -0.25) is 4.79 Å². The Kier molecular flexibility index (Phi) is 5.43. The van der Waals surface area contributed by atoms with Crippen molar-refractivity contribution in [2.45, 2.75) is 20.3 Å². The molecule has 0 aliphatic heterocycles. The molecule has 78 valence electrons. The lowest BCUT2D eigenvalue weighted by atomic mass is 10.0. The molecule has 2 N–H and O–H groups in total. The average Bonchev–Trinajstić information content (AvgIpc) is 2.10. The second-order valence-electron chi connectivity index (χ2n) is 3.26. The van der Waals surface area contributed by atoms with E-state index in [0.717, 1.165) is 11.1 Å². The summed E-state index contributed by atoms with van der Waals surface area (Å²) in [5.74, 6) is 0.130. The quantitative estimate of drug-likeness (QED) is 0.783. The van der Waals surface area contributed by atoms with E-state index in [0.29, 0.717) is 13.0 Å². The molecule has 0 atom stereocenters. The van der Waals surface area contributed by atoms with Crippen molar-refractivity contribution in [1.29, 1.82) is 0 Å². The number of ketones is 1. The third kappa shape index (κ3) is 3.13. The molecule has 0 radical (unpaired) electrons. The number of Topliss-reactive ketones (excluding diaryl/α,β-unsaturated/α-hetero) is 1. The smallest absolute Gasteiger partial charge is 0.164 e. The van der Waals surface area contributed by atoms with Crippen molar-refractivity contribution in [2.24, 2.45) is 5.73 Å². The standard InChI is InChI=1S/C11H15NO.ClH/c1-8-3-4-10(7-9(8)2)11(13)5-6-12;/h3-4,7H,5-6,12H2,1-2H3;1H. The molecule has 2 nitrogen and oxygen atoms in total. The van der Waals surface area contributed by atoms with Gasteiger partial charge in [0.1, 0.15) is 0 Å². The van der Waals surface area contributed by atoms with Crippen molar-refractivity contribution < 1.29 is 4.79 Å². The molecule has 1 aromatic rings. The summed E-state index contributed by atoms with van der Waals surface area (Å²) >= 11 is 0. The van der Waals surface area contributed by atoms with Crippen molar-refractivity contribution >= 4 is 18.2 Å². The van der Waals surface area contributed by atoms with Crippen LogP contribution in [0.3, 0.4) is 0 Å². The predicted octanol–water partition coefficient (Wildman–Crippen LogP) is 2.26. The van der Waals surface area contributed by atoms with Crippen LogP contribution < -0.4 is 5.73 Å². The SMILES string of the molecule is Cc1ccc(C(=O)CCN)cc1C.Cl. The van der Waals surface area contributed by atoms with Gasteiger partial charge in [0.2, 0.25) is 0 Å². The fraction of sp³-hybridized carbons (Fsp3) is 0.364. The zero-order valence-corrected chi connectivity index (χ0v) is 9.36. The van der Waals surface area contributed by atoms with E-state index in [4.69, 9.17) is 5.73 Å². The molecule has 3 heteroatoms. The van der Waals surface area contributed by atoms with Gasteiger partial charge in [0.25, 0.3) is 0 Å². The van der Waals surface area contributed by atoms with Crippen molar-refractivity contribution in [3.8, 4) is 0 Å². The zero-order valence-electron chi connectivity index (χ0n) is 8.54. The molecular weight excluding hydrogens is 198 g/mol. The Morgan fingerprint density at radius 1 is 1.29 bits per heavy atom. The van der Waals surface area contributed by atoms with Gasteiger partial charge in [0.05, 0.1) is 0 Å². The first-order valence-corrected chi connectivity index (χ1v) is 4.45. The van der Waals surface area contributed by atoms with Gasteiger partial charge in [-0.2, -0.15) is 0 Å². The van der Waals surface area contributed by atoms with Gasteiger partial charge < -0.3 is 5.73 Å². The molecule has 0 heterocycles. The van der Waals surface area contributed by atoms with E-state index in [1.165, 1.54) is 5.56 Å². The second kappa shape index (κ2) is 5.78. The predicted molar refractivity (Wildman–Crippen MR) is 61.2 cm³/mol. The highest BCUT2D eigenvalue weighted by atomic mass is 35.5. The minimum absolute atomic E-state index is 0. The molecule has 1 aromatic carbocycles. The minimum Gasteiger partial charge on any atom is -0.330 e. The Labute approximate surface area is 90.9 Å². The van der Waals surface area contributed by atoms with Crippen LogP contribution in [-0.2, 0) is 0 Å². The number of carbonyl (C=O) groups is 1. The van der Waals surface area contributed by atoms with Crippen molar-refractivity contribution in [1.82, 2.24) is 0 Å². The van der Waals surface area contributed by atoms with Crippen LogP contribution in [0.15, 0.2) is 18.2 Å². The molecule has 0 fully saturated rings. The van der Waals surface area contributed by atoms with Crippen LogP contribution in [0.25, 0.3) is 0 Å². The third-order valence-corrected chi connectivity index (χ3v) is 2.20. The van der Waals surface area contributed by atoms with E-state index in [1.807, 2.05) is 32.0 Å². The summed E-state index contributed by atoms with van der Waals surface area (Å²) in [6.45, 7) is 4.47. The summed E-state index contributed by atoms with van der Waals surface area (Å²) in [5, 5.41) is 0. The van der Waals surface area contributed by atoms with E-state index < -0.39 is 0 Å². The molecular formula is C11H16ClNO. The number of hydrogen-bond acceptors (Lipinski definition) is 2. The molecule has 0 unspecified atom stereocenters. The fourth-order valence-corrected chi connectivity index (χ4v) is 1.19. The van der Waals surface area contributed by atoms with Crippen LogP contribution in [0.2, 0.25) is 0 Å². The number of hydrogen-bond donors (Lipinski definition) is 1. The largest absolute Gasteiger partial charge is 0.330 e. The number of rotatable bonds is 3. The summed E-state index contributed by atoms with van der Waals surface area (Å²) in [7, 11) is 0. The summed E-state index contributed by atoms with van der Waals surface area (Å²) in [4.78, 5) is 11.4. The first kappa shape index (κ1) is 13.1. The molecule has 1 rings (SSSR count). The summed E-state index contributed by atoms with van der Waals surface area (Å²) in [5.41, 5.74) is 8.45. The minimum atomic E-state index is 0. The molecule has 0 spiro atoms. The Hall–Kier alpha value is -0.860. The number of benzene rings is 1. The normalized spacial score (nSPS) is 9.36. The Balaban J connectivity index is 0.00000169. The second-order valence-corrected chi connectivity index (χ2v) is 3.26. The zero-order chi connectivity index (χ0) is 9.84. The van der Waals surface area contributed by atoms with E-state index >= 15 is 0 Å². The van der Waals surface area contributed by atoms with E-state index in [-0.39, 0.29) is 18.2 Å². The van der Waals surface area contributed by atoms with E-state index in [1.54, 1.807) is 0 Å². The molecule has 0 aliphatic carbocycles. The third-order valence-electron chi connectivity index (χ3n) is 2.20. The topological polar surface area (TPSA) is 43.1 Å². The average molecular weight is 214 g/mol. The van der Waals surface area contributed by atoms with Crippen molar-refractivity contribution in [2.75, 3.05) is 6.54 Å². The van der Waals surface area contributed by atoms with Crippen LogP contribution >= 0.6 is 12.4 Å². The maximum Gasteiger partial charge on any atom is 0.164 e. The lowest BCUT2D eigenvalue weighted by Gasteiger charge is -2.03. The summed E-state index contributed by atoms with van der Waals surface area (Å²) in [6, 6.07) is 5.76. The van der Waals surface area contributed by atoms with Gasteiger partial charge in [0.15, 0.2) is 5.78 Å². The first-order chi connectivity index (χ1) is 6.15. The van der Waals surface area contributed by atoms with Gasteiger partial charge in [-0.05, 0) is 37.6 Å². The molecule has 14 heavy (non-hydrogen) atoms. The Morgan fingerprint density at radius 2 is 1.93 bits per heavy atom. The fourth-order valence-electron chi connectivity index (χ4n) is 1.19. The van der Waals surface area contributed by atoms with Crippen LogP contribution in [0.4, 0.5) is 0 Å². The molecule has 0 bridgehead atoms. The highest BCUT2D eigenvalue weighted by Gasteiger charge is 2.04. The van der Waals surface area contributed by atoms with Crippen LogP contribution in [0.5, 0.6) is 0 Å². The van der Waals surface area contributed by atoms with Gasteiger partial charge >= 0.3 is 0 Å². The van der Waals surface area contributed by atoms with E-state index in [2.05, 4.69) is 0 Å². The molecule has 0 aromatic heterocycles. The van der Waals surface area contributed by atoms with Crippen LogP contribution in [-0.4, -0.2) is 12.3 Å².